The first-order chi connectivity index (χ1) is 10.3. The molecule has 0 spiro atoms. The van der Waals surface area contributed by atoms with Gasteiger partial charge in [0.25, 0.3) is 0 Å². The van der Waals surface area contributed by atoms with E-state index in [-0.39, 0.29) is 35.6 Å². The highest BCUT2D eigenvalue weighted by Crippen LogP contribution is 2.25. The van der Waals surface area contributed by atoms with Gasteiger partial charge in [0.05, 0.1) is 12.5 Å². The number of carbonyl (C=O) groups excluding carboxylic acids is 3. The molecule has 7 nitrogen and oxygen atoms in total. The van der Waals surface area contributed by atoms with Crippen LogP contribution in [0.2, 0.25) is 0 Å². The molecule has 0 bridgehead atoms. The van der Waals surface area contributed by atoms with Gasteiger partial charge in [-0.3, -0.25) is 14.4 Å². The molecule has 1 aliphatic heterocycles. The minimum Gasteiger partial charge on any atom is -0.384 e. The molecule has 0 aromatic carbocycles. The van der Waals surface area contributed by atoms with Gasteiger partial charge in [0.15, 0.2) is 0 Å². The summed E-state index contributed by atoms with van der Waals surface area (Å²) in [4.78, 5) is 37.1. The van der Waals surface area contributed by atoms with Gasteiger partial charge in [-0.15, -0.1) is 0 Å². The topological polar surface area (TPSA) is 87.7 Å². The van der Waals surface area contributed by atoms with Crippen LogP contribution in [0.1, 0.15) is 33.6 Å². The molecule has 1 fully saturated rings. The van der Waals surface area contributed by atoms with E-state index in [4.69, 9.17) is 4.74 Å². The standard InChI is InChI=1S/C15H27N3O4/c1-15(2,3)18-10-11(9-13(18)20)14(21)17-7-6-16-12(19)5-8-22-4/h11H,5-10H2,1-4H3,(H,16,19)(H,17,21). The Morgan fingerprint density at radius 2 is 1.91 bits per heavy atom. The summed E-state index contributed by atoms with van der Waals surface area (Å²) in [5.41, 5.74) is -0.262. The molecule has 0 aliphatic carbocycles. The van der Waals surface area contributed by atoms with Crippen molar-refractivity contribution in [2.75, 3.05) is 33.4 Å². The Labute approximate surface area is 131 Å². The first kappa shape index (κ1) is 18.4. The number of ether oxygens (including phenoxy) is 1. The third-order valence-corrected chi connectivity index (χ3v) is 3.59. The van der Waals surface area contributed by atoms with Crippen LogP contribution in [-0.4, -0.2) is 61.5 Å². The second-order valence-electron chi connectivity index (χ2n) is 6.46. The van der Waals surface area contributed by atoms with Crippen LogP contribution in [0.15, 0.2) is 0 Å². The molecule has 0 radical (unpaired) electrons. The number of methoxy groups -OCH3 is 1. The minimum absolute atomic E-state index is 0.0144. The Kier molecular flexibility index (Phi) is 6.80. The number of likely N-dealkylation sites (tertiary alicyclic amines) is 1. The molecule has 1 aliphatic rings. The van der Waals surface area contributed by atoms with Gasteiger partial charge < -0.3 is 20.3 Å². The normalized spacial score (nSPS) is 18.5. The maximum atomic E-state index is 12.1. The number of hydrogen-bond donors (Lipinski definition) is 2. The summed E-state index contributed by atoms with van der Waals surface area (Å²) in [6.07, 6.45) is 0.561. The van der Waals surface area contributed by atoms with E-state index in [1.807, 2.05) is 20.8 Å². The molecule has 0 saturated carbocycles. The lowest BCUT2D eigenvalue weighted by Gasteiger charge is -2.31. The fourth-order valence-electron chi connectivity index (χ4n) is 2.35. The van der Waals surface area contributed by atoms with Gasteiger partial charge >= 0.3 is 0 Å². The zero-order chi connectivity index (χ0) is 16.8. The number of nitrogens with zero attached hydrogens (tertiary/aromatic N) is 1. The first-order valence-electron chi connectivity index (χ1n) is 7.59. The lowest BCUT2D eigenvalue weighted by molar-refractivity contribution is -0.132. The Morgan fingerprint density at radius 3 is 2.45 bits per heavy atom. The van der Waals surface area contributed by atoms with Gasteiger partial charge in [0.1, 0.15) is 0 Å². The van der Waals surface area contributed by atoms with Crippen molar-refractivity contribution >= 4 is 17.7 Å². The molecule has 1 unspecified atom stereocenters. The summed E-state index contributed by atoms with van der Waals surface area (Å²) < 4.78 is 4.80. The summed E-state index contributed by atoms with van der Waals surface area (Å²) >= 11 is 0. The fraction of sp³-hybridized carbons (Fsp3) is 0.800. The number of rotatable bonds is 7. The maximum absolute atomic E-state index is 12.1. The van der Waals surface area contributed by atoms with Crippen molar-refractivity contribution in [1.82, 2.24) is 15.5 Å². The molecule has 1 rings (SSSR count). The van der Waals surface area contributed by atoms with E-state index in [0.29, 0.717) is 32.7 Å². The molecule has 126 valence electrons. The summed E-state index contributed by atoms with van der Waals surface area (Å²) in [7, 11) is 1.54. The molecule has 1 saturated heterocycles. The molecular formula is C15H27N3O4. The summed E-state index contributed by atoms with van der Waals surface area (Å²) in [6, 6.07) is 0. The summed E-state index contributed by atoms with van der Waals surface area (Å²) in [5.74, 6) is -0.534. The Balaban J connectivity index is 2.27. The van der Waals surface area contributed by atoms with Crippen molar-refractivity contribution < 1.29 is 19.1 Å². The summed E-state index contributed by atoms with van der Waals surface area (Å²) in [5, 5.41) is 5.46. The SMILES string of the molecule is COCCC(=O)NCCNC(=O)C1CC(=O)N(C(C)(C)C)C1. The molecule has 0 aromatic rings. The lowest BCUT2D eigenvalue weighted by Crippen LogP contribution is -2.43. The quantitative estimate of drug-likeness (QED) is 0.643. The zero-order valence-corrected chi connectivity index (χ0v) is 13.9. The van der Waals surface area contributed by atoms with Crippen molar-refractivity contribution in [3.8, 4) is 0 Å². The molecule has 7 heteroatoms. The lowest BCUT2D eigenvalue weighted by atomic mass is 10.1. The van der Waals surface area contributed by atoms with Gasteiger partial charge in [-0.05, 0) is 20.8 Å². The molecular weight excluding hydrogens is 286 g/mol. The first-order valence-corrected chi connectivity index (χ1v) is 7.59. The van der Waals surface area contributed by atoms with Gasteiger partial charge in [0, 0.05) is 45.1 Å². The highest BCUT2D eigenvalue weighted by molar-refractivity contribution is 5.89. The van der Waals surface area contributed by atoms with E-state index in [1.54, 1.807) is 4.90 Å². The van der Waals surface area contributed by atoms with E-state index in [0.717, 1.165) is 0 Å². The van der Waals surface area contributed by atoms with Crippen LogP contribution in [0.5, 0.6) is 0 Å². The van der Waals surface area contributed by atoms with Crippen molar-refractivity contribution in [3.05, 3.63) is 0 Å². The Bertz CT molecular complexity index is 418. The maximum Gasteiger partial charge on any atom is 0.225 e. The van der Waals surface area contributed by atoms with Crippen molar-refractivity contribution in [3.63, 3.8) is 0 Å². The average Bonchev–Trinajstić information content (AvgIpc) is 2.83. The minimum atomic E-state index is -0.309. The van der Waals surface area contributed by atoms with Gasteiger partial charge in [0.2, 0.25) is 17.7 Å². The largest absolute Gasteiger partial charge is 0.384 e. The average molecular weight is 313 g/mol. The third-order valence-electron chi connectivity index (χ3n) is 3.59. The summed E-state index contributed by atoms with van der Waals surface area (Å²) in [6.45, 7) is 7.44. The smallest absolute Gasteiger partial charge is 0.225 e. The van der Waals surface area contributed by atoms with Gasteiger partial charge in [-0.2, -0.15) is 0 Å². The highest BCUT2D eigenvalue weighted by Gasteiger charge is 2.39. The number of carbonyl (C=O) groups is 3. The number of amides is 3. The molecule has 2 N–H and O–H groups in total. The second-order valence-corrected chi connectivity index (χ2v) is 6.46. The molecule has 1 atom stereocenters. The van der Waals surface area contributed by atoms with Crippen LogP contribution in [0, 0.1) is 5.92 Å². The van der Waals surface area contributed by atoms with E-state index >= 15 is 0 Å². The molecule has 22 heavy (non-hydrogen) atoms. The predicted molar refractivity (Wildman–Crippen MR) is 82.1 cm³/mol. The van der Waals surface area contributed by atoms with E-state index in [1.165, 1.54) is 7.11 Å². The number of hydrogen-bond acceptors (Lipinski definition) is 4. The van der Waals surface area contributed by atoms with Crippen LogP contribution in [-0.2, 0) is 19.1 Å². The van der Waals surface area contributed by atoms with Crippen molar-refractivity contribution in [2.45, 2.75) is 39.2 Å². The van der Waals surface area contributed by atoms with Crippen LogP contribution in [0.3, 0.4) is 0 Å². The third kappa shape index (κ3) is 5.63. The Morgan fingerprint density at radius 1 is 1.27 bits per heavy atom. The van der Waals surface area contributed by atoms with Gasteiger partial charge in [-0.25, -0.2) is 0 Å². The zero-order valence-electron chi connectivity index (χ0n) is 13.9. The van der Waals surface area contributed by atoms with Crippen molar-refractivity contribution in [2.24, 2.45) is 5.92 Å². The number of nitrogens with one attached hydrogen (secondary N) is 2. The van der Waals surface area contributed by atoms with Crippen LogP contribution in [0.25, 0.3) is 0 Å². The fourth-order valence-corrected chi connectivity index (χ4v) is 2.35. The van der Waals surface area contributed by atoms with Gasteiger partial charge in [-0.1, -0.05) is 0 Å². The molecule has 3 amide bonds. The van der Waals surface area contributed by atoms with Crippen LogP contribution in [0.4, 0.5) is 0 Å². The predicted octanol–water partition coefficient (Wildman–Crippen LogP) is -0.0977. The van der Waals surface area contributed by atoms with Crippen LogP contribution >= 0.6 is 0 Å². The molecule has 0 aromatic heterocycles. The highest BCUT2D eigenvalue weighted by atomic mass is 16.5. The second kappa shape index (κ2) is 8.12. The van der Waals surface area contributed by atoms with Crippen LogP contribution < -0.4 is 10.6 Å². The van der Waals surface area contributed by atoms with Crippen molar-refractivity contribution in [1.29, 1.82) is 0 Å². The molecule has 1 heterocycles. The van der Waals surface area contributed by atoms with E-state index in [2.05, 4.69) is 10.6 Å². The Hall–Kier alpha value is -1.63. The monoisotopic (exact) mass is 313 g/mol. The van der Waals surface area contributed by atoms with E-state index in [9.17, 15) is 14.4 Å². The van der Waals surface area contributed by atoms with E-state index < -0.39 is 0 Å².